The third-order valence-electron chi connectivity index (χ3n) is 2.33. The molecule has 16 heavy (non-hydrogen) atoms. The minimum absolute atomic E-state index is 0.0855. The van der Waals surface area contributed by atoms with E-state index in [4.69, 9.17) is 5.26 Å². The molecule has 0 heterocycles. The van der Waals surface area contributed by atoms with Crippen molar-refractivity contribution < 1.29 is 17.9 Å². The number of hydrogen-bond acceptors (Lipinski definition) is 2. The van der Waals surface area contributed by atoms with Crippen LogP contribution in [0.5, 0.6) is 0 Å². The van der Waals surface area contributed by atoms with Crippen LogP contribution in [0, 0.1) is 16.7 Å². The van der Waals surface area contributed by atoms with Gasteiger partial charge >= 0.3 is 6.18 Å². The van der Waals surface area contributed by atoms with Gasteiger partial charge in [0.15, 0.2) is 6.10 Å². The standard InChI is InChI=1S/C11H18F3NO/c1-9(11(12,13)14)16-7-5-4-6-10(2,3)8-15/h9H,4-7H2,1-3H3. The van der Waals surface area contributed by atoms with Crippen molar-refractivity contribution in [3.63, 3.8) is 0 Å². The van der Waals surface area contributed by atoms with Gasteiger partial charge in [0.1, 0.15) is 0 Å². The summed E-state index contributed by atoms with van der Waals surface area (Å²) in [6, 6.07) is 2.14. The lowest BCUT2D eigenvalue weighted by Gasteiger charge is -2.17. The smallest absolute Gasteiger partial charge is 0.369 e. The summed E-state index contributed by atoms with van der Waals surface area (Å²) in [7, 11) is 0. The second-order valence-electron chi connectivity index (χ2n) is 4.51. The first kappa shape index (κ1) is 15.2. The molecule has 0 aromatic rings. The maximum absolute atomic E-state index is 12.0. The summed E-state index contributed by atoms with van der Waals surface area (Å²) in [6.07, 6.45) is -4.08. The molecule has 1 atom stereocenters. The highest BCUT2D eigenvalue weighted by molar-refractivity contribution is 4.91. The lowest BCUT2D eigenvalue weighted by atomic mass is 9.89. The molecule has 0 amide bonds. The minimum Gasteiger partial charge on any atom is -0.369 e. The van der Waals surface area contributed by atoms with Crippen LogP contribution in [0.3, 0.4) is 0 Å². The van der Waals surface area contributed by atoms with E-state index in [1.807, 2.05) is 13.8 Å². The number of nitriles is 1. The Morgan fingerprint density at radius 2 is 1.81 bits per heavy atom. The molecule has 0 aromatic carbocycles. The SMILES string of the molecule is CC(OCCCCC(C)(C)C#N)C(F)(F)F. The molecule has 0 saturated heterocycles. The lowest BCUT2D eigenvalue weighted by molar-refractivity contribution is -0.214. The van der Waals surface area contributed by atoms with E-state index in [-0.39, 0.29) is 6.61 Å². The second kappa shape index (κ2) is 6.09. The highest BCUT2D eigenvalue weighted by Gasteiger charge is 2.36. The molecule has 0 N–H and O–H groups in total. The summed E-state index contributed by atoms with van der Waals surface area (Å²) in [5.41, 5.74) is -0.407. The first-order chi connectivity index (χ1) is 7.19. The Hall–Kier alpha value is -0.760. The van der Waals surface area contributed by atoms with Crippen molar-refractivity contribution in [2.24, 2.45) is 5.41 Å². The fraction of sp³-hybridized carbons (Fsp3) is 0.909. The van der Waals surface area contributed by atoms with E-state index in [0.717, 1.165) is 6.92 Å². The third-order valence-corrected chi connectivity index (χ3v) is 2.33. The summed E-state index contributed by atoms with van der Waals surface area (Å²) in [5, 5.41) is 8.72. The summed E-state index contributed by atoms with van der Waals surface area (Å²) in [5.74, 6) is 0. The van der Waals surface area contributed by atoms with Crippen LogP contribution in [0.2, 0.25) is 0 Å². The van der Waals surface area contributed by atoms with Gasteiger partial charge in [0.2, 0.25) is 0 Å². The average molecular weight is 237 g/mol. The van der Waals surface area contributed by atoms with E-state index in [1.54, 1.807) is 0 Å². The maximum atomic E-state index is 12.0. The molecule has 0 rings (SSSR count). The molecule has 0 spiro atoms. The molecule has 0 aromatic heterocycles. The number of hydrogen-bond donors (Lipinski definition) is 0. The minimum atomic E-state index is -4.29. The topological polar surface area (TPSA) is 33.0 Å². The number of unbranched alkanes of at least 4 members (excludes halogenated alkanes) is 1. The fourth-order valence-electron chi connectivity index (χ4n) is 1.08. The maximum Gasteiger partial charge on any atom is 0.414 e. The van der Waals surface area contributed by atoms with Crippen LogP contribution in [-0.4, -0.2) is 18.9 Å². The van der Waals surface area contributed by atoms with E-state index in [2.05, 4.69) is 10.8 Å². The number of alkyl halides is 3. The van der Waals surface area contributed by atoms with Gasteiger partial charge in [0.05, 0.1) is 11.5 Å². The number of rotatable bonds is 6. The molecule has 94 valence electrons. The summed E-state index contributed by atoms with van der Waals surface area (Å²) >= 11 is 0. The fourth-order valence-corrected chi connectivity index (χ4v) is 1.08. The van der Waals surface area contributed by atoms with E-state index in [1.165, 1.54) is 0 Å². The van der Waals surface area contributed by atoms with Gasteiger partial charge in [0, 0.05) is 6.61 Å². The zero-order valence-electron chi connectivity index (χ0n) is 9.90. The van der Waals surface area contributed by atoms with Gasteiger partial charge in [0.25, 0.3) is 0 Å². The molecule has 0 saturated carbocycles. The van der Waals surface area contributed by atoms with Gasteiger partial charge in [-0.15, -0.1) is 0 Å². The Balaban J connectivity index is 3.60. The highest BCUT2D eigenvalue weighted by Crippen LogP contribution is 2.24. The van der Waals surface area contributed by atoms with Crippen molar-refractivity contribution in [2.75, 3.05) is 6.61 Å². The monoisotopic (exact) mass is 237 g/mol. The van der Waals surface area contributed by atoms with Crippen molar-refractivity contribution >= 4 is 0 Å². The van der Waals surface area contributed by atoms with Crippen LogP contribution >= 0.6 is 0 Å². The van der Waals surface area contributed by atoms with E-state index < -0.39 is 17.7 Å². The van der Waals surface area contributed by atoms with Gasteiger partial charge in [-0.05, 0) is 40.0 Å². The summed E-state index contributed by atoms with van der Waals surface area (Å²) < 4.78 is 40.7. The molecule has 5 heteroatoms. The number of halogens is 3. The van der Waals surface area contributed by atoms with Crippen molar-refractivity contribution in [1.29, 1.82) is 5.26 Å². The number of nitrogens with zero attached hydrogens (tertiary/aromatic N) is 1. The van der Waals surface area contributed by atoms with Crippen LogP contribution < -0.4 is 0 Å². The van der Waals surface area contributed by atoms with E-state index in [0.29, 0.717) is 19.3 Å². The van der Waals surface area contributed by atoms with E-state index >= 15 is 0 Å². The van der Waals surface area contributed by atoms with Crippen LogP contribution in [0.1, 0.15) is 40.0 Å². The molecule has 0 radical (unpaired) electrons. The molecule has 0 aliphatic rings. The van der Waals surface area contributed by atoms with Gasteiger partial charge in [-0.2, -0.15) is 18.4 Å². The third kappa shape index (κ3) is 6.67. The first-order valence-corrected chi connectivity index (χ1v) is 5.28. The molecule has 1 unspecified atom stereocenters. The van der Waals surface area contributed by atoms with Crippen LogP contribution in [-0.2, 0) is 4.74 Å². The predicted octanol–water partition coefficient (Wildman–Crippen LogP) is 3.67. The Morgan fingerprint density at radius 3 is 2.25 bits per heavy atom. The molecule has 0 aliphatic carbocycles. The molecule has 0 fully saturated rings. The zero-order chi connectivity index (χ0) is 12.8. The quantitative estimate of drug-likeness (QED) is 0.660. The van der Waals surface area contributed by atoms with Crippen molar-refractivity contribution in [1.82, 2.24) is 0 Å². The molecule has 0 aliphatic heterocycles. The van der Waals surface area contributed by atoms with Crippen LogP contribution in [0.4, 0.5) is 13.2 Å². The van der Waals surface area contributed by atoms with Gasteiger partial charge in [-0.1, -0.05) is 0 Å². The molecule has 2 nitrogen and oxygen atoms in total. The Morgan fingerprint density at radius 1 is 1.25 bits per heavy atom. The Kier molecular flexibility index (Phi) is 5.80. The Labute approximate surface area is 94.4 Å². The van der Waals surface area contributed by atoms with Crippen molar-refractivity contribution in [2.45, 2.75) is 52.3 Å². The van der Waals surface area contributed by atoms with Crippen LogP contribution in [0.25, 0.3) is 0 Å². The first-order valence-electron chi connectivity index (χ1n) is 5.28. The van der Waals surface area contributed by atoms with Gasteiger partial charge in [-0.25, -0.2) is 0 Å². The Bertz CT molecular complexity index is 243. The molecular weight excluding hydrogens is 219 g/mol. The van der Waals surface area contributed by atoms with Gasteiger partial charge in [-0.3, -0.25) is 0 Å². The second-order valence-corrected chi connectivity index (χ2v) is 4.51. The molecule has 0 bridgehead atoms. The van der Waals surface area contributed by atoms with Gasteiger partial charge < -0.3 is 4.74 Å². The largest absolute Gasteiger partial charge is 0.414 e. The number of ether oxygens (including phenoxy) is 1. The zero-order valence-corrected chi connectivity index (χ0v) is 9.90. The normalized spacial score (nSPS) is 14.6. The predicted molar refractivity (Wildman–Crippen MR) is 54.7 cm³/mol. The molecular formula is C11H18F3NO. The van der Waals surface area contributed by atoms with Crippen molar-refractivity contribution in [3.05, 3.63) is 0 Å². The summed E-state index contributed by atoms with van der Waals surface area (Å²) in [6.45, 7) is 4.71. The van der Waals surface area contributed by atoms with Crippen LogP contribution in [0.15, 0.2) is 0 Å². The average Bonchev–Trinajstić information content (AvgIpc) is 2.15. The van der Waals surface area contributed by atoms with E-state index in [9.17, 15) is 13.2 Å². The van der Waals surface area contributed by atoms with Crippen molar-refractivity contribution in [3.8, 4) is 6.07 Å². The highest BCUT2D eigenvalue weighted by atomic mass is 19.4. The lowest BCUT2D eigenvalue weighted by Crippen LogP contribution is -2.28. The summed E-state index contributed by atoms with van der Waals surface area (Å²) in [4.78, 5) is 0.